The van der Waals surface area contributed by atoms with Crippen LogP contribution in [-0.4, -0.2) is 36.6 Å². The standard InChI is InChI=1S/C20H39IO4Si/c1-8-9-10-16(19(23)25-20(2,3)4)15-17(11-12-21)18(22)24-13-14-26(5,6)7/h16-17H,8-15H2,1-7H3/t16-,17+/m0/s1. The first-order valence-electron chi connectivity index (χ1n) is 9.85. The molecule has 0 bridgehead atoms. The number of halogens is 1. The molecule has 0 aliphatic heterocycles. The van der Waals surface area contributed by atoms with Crippen LogP contribution >= 0.6 is 22.6 Å². The minimum absolute atomic E-state index is 0.148. The number of rotatable bonds is 12. The van der Waals surface area contributed by atoms with Crippen molar-refractivity contribution >= 4 is 42.6 Å². The van der Waals surface area contributed by atoms with Crippen molar-refractivity contribution in [3.8, 4) is 0 Å². The van der Waals surface area contributed by atoms with Crippen molar-refractivity contribution in [2.24, 2.45) is 11.8 Å². The Morgan fingerprint density at radius 2 is 1.62 bits per heavy atom. The van der Waals surface area contributed by atoms with Crippen LogP contribution in [0.2, 0.25) is 25.7 Å². The molecule has 26 heavy (non-hydrogen) atoms. The van der Waals surface area contributed by atoms with Crippen LogP contribution in [0.3, 0.4) is 0 Å². The number of alkyl halides is 1. The van der Waals surface area contributed by atoms with Gasteiger partial charge in [-0.25, -0.2) is 0 Å². The Morgan fingerprint density at radius 1 is 1.04 bits per heavy atom. The lowest BCUT2D eigenvalue weighted by molar-refractivity contribution is -0.162. The van der Waals surface area contributed by atoms with E-state index in [9.17, 15) is 9.59 Å². The second-order valence-corrected chi connectivity index (χ2v) is 16.0. The molecule has 0 saturated heterocycles. The van der Waals surface area contributed by atoms with Gasteiger partial charge in [0.05, 0.1) is 18.4 Å². The van der Waals surface area contributed by atoms with Crippen LogP contribution in [0.25, 0.3) is 0 Å². The van der Waals surface area contributed by atoms with Crippen LogP contribution in [0.4, 0.5) is 0 Å². The highest BCUT2D eigenvalue weighted by Crippen LogP contribution is 2.26. The van der Waals surface area contributed by atoms with E-state index < -0.39 is 13.7 Å². The first-order chi connectivity index (χ1) is 11.9. The van der Waals surface area contributed by atoms with Gasteiger partial charge in [0.1, 0.15) is 5.60 Å². The Morgan fingerprint density at radius 3 is 2.08 bits per heavy atom. The molecule has 4 nitrogen and oxygen atoms in total. The van der Waals surface area contributed by atoms with E-state index in [1.54, 1.807) is 0 Å². The molecule has 0 heterocycles. The van der Waals surface area contributed by atoms with Gasteiger partial charge in [-0.1, -0.05) is 62.0 Å². The van der Waals surface area contributed by atoms with Gasteiger partial charge in [-0.05, 0) is 46.1 Å². The fourth-order valence-corrected chi connectivity index (χ4v) is 4.02. The first kappa shape index (κ1) is 25.9. The molecule has 0 amide bonds. The number of hydrogen-bond acceptors (Lipinski definition) is 4. The average molecular weight is 499 g/mol. The SMILES string of the molecule is CCCC[C@@H](C[C@@H](CCI)C(=O)OCC[Si](C)(C)C)C(=O)OC(C)(C)C. The van der Waals surface area contributed by atoms with Gasteiger partial charge in [-0.15, -0.1) is 0 Å². The second-order valence-electron chi connectivity index (χ2n) is 9.26. The predicted octanol–water partition coefficient (Wildman–Crippen LogP) is 5.85. The Bertz CT molecular complexity index is 427. The minimum Gasteiger partial charge on any atom is -0.466 e. The molecular weight excluding hydrogens is 459 g/mol. The molecule has 0 aliphatic carbocycles. The van der Waals surface area contributed by atoms with E-state index in [0.717, 1.165) is 36.2 Å². The molecule has 6 heteroatoms. The monoisotopic (exact) mass is 498 g/mol. The Balaban J connectivity index is 4.93. The summed E-state index contributed by atoms with van der Waals surface area (Å²) in [6, 6.07) is 0.973. The summed E-state index contributed by atoms with van der Waals surface area (Å²) in [4.78, 5) is 25.2. The molecule has 0 radical (unpaired) electrons. The van der Waals surface area contributed by atoms with Crippen LogP contribution in [0.1, 0.15) is 59.8 Å². The zero-order chi connectivity index (χ0) is 20.4. The molecule has 0 fully saturated rings. The van der Waals surface area contributed by atoms with E-state index in [1.165, 1.54) is 0 Å². The summed E-state index contributed by atoms with van der Waals surface area (Å²) >= 11 is 2.28. The van der Waals surface area contributed by atoms with Gasteiger partial charge in [0.25, 0.3) is 0 Å². The molecule has 154 valence electrons. The summed E-state index contributed by atoms with van der Waals surface area (Å²) in [6.45, 7) is 15.1. The van der Waals surface area contributed by atoms with E-state index in [4.69, 9.17) is 9.47 Å². The maximum Gasteiger partial charge on any atom is 0.309 e. The minimum atomic E-state index is -1.22. The van der Waals surface area contributed by atoms with Crippen LogP contribution in [0.15, 0.2) is 0 Å². The van der Waals surface area contributed by atoms with Gasteiger partial charge in [0.2, 0.25) is 0 Å². The van der Waals surface area contributed by atoms with Crippen molar-refractivity contribution in [1.82, 2.24) is 0 Å². The molecule has 2 atom stereocenters. The van der Waals surface area contributed by atoms with Gasteiger partial charge in [-0.3, -0.25) is 9.59 Å². The normalized spacial score (nSPS) is 14.6. The Hall–Kier alpha value is -0.113. The summed E-state index contributed by atoms with van der Waals surface area (Å²) in [5.41, 5.74) is -0.502. The molecule has 0 spiro atoms. The third-order valence-electron chi connectivity index (χ3n) is 4.10. The zero-order valence-electron chi connectivity index (χ0n) is 17.8. The highest BCUT2D eigenvalue weighted by molar-refractivity contribution is 14.1. The van der Waals surface area contributed by atoms with E-state index in [0.29, 0.717) is 13.0 Å². The van der Waals surface area contributed by atoms with E-state index in [-0.39, 0.29) is 23.8 Å². The van der Waals surface area contributed by atoms with Gasteiger partial charge >= 0.3 is 11.9 Å². The predicted molar refractivity (Wildman–Crippen MR) is 120 cm³/mol. The first-order valence-corrected chi connectivity index (χ1v) is 15.1. The number of unbranched alkanes of at least 4 members (excludes halogenated alkanes) is 1. The fourth-order valence-electron chi connectivity index (χ4n) is 2.55. The van der Waals surface area contributed by atoms with E-state index in [2.05, 4.69) is 49.2 Å². The van der Waals surface area contributed by atoms with Crippen LogP contribution < -0.4 is 0 Å². The number of esters is 2. The fraction of sp³-hybridized carbons (Fsp3) is 0.900. The smallest absolute Gasteiger partial charge is 0.309 e. The maximum absolute atomic E-state index is 12.6. The largest absolute Gasteiger partial charge is 0.466 e. The average Bonchev–Trinajstić information content (AvgIpc) is 2.47. The number of hydrogen-bond donors (Lipinski definition) is 0. The van der Waals surface area contributed by atoms with E-state index >= 15 is 0 Å². The van der Waals surface area contributed by atoms with Crippen LogP contribution in [0.5, 0.6) is 0 Å². The van der Waals surface area contributed by atoms with Crippen molar-refractivity contribution in [1.29, 1.82) is 0 Å². The van der Waals surface area contributed by atoms with Crippen molar-refractivity contribution < 1.29 is 19.1 Å². The number of carbonyl (C=O) groups excluding carboxylic acids is 2. The molecule has 0 aliphatic rings. The van der Waals surface area contributed by atoms with Crippen molar-refractivity contribution in [2.45, 2.75) is 91.1 Å². The van der Waals surface area contributed by atoms with E-state index in [1.807, 2.05) is 20.8 Å². The summed E-state index contributed by atoms with van der Waals surface area (Å²) in [5, 5.41) is 0. The Kier molecular flexibility index (Phi) is 12.3. The number of carbonyl (C=O) groups is 2. The van der Waals surface area contributed by atoms with Gasteiger partial charge in [0.15, 0.2) is 0 Å². The zero-order valence-corrected chi connectivity index (χ0v) is 21.0. The summed E-state index contributed by atoms with van der Waals surface area (Å²) < 4.78 is 12.0. The lowest BCUT2D eigenvalue weighted by atomic mass is 9.89. The molecule has 0 aromatic rings. The maximum atomic E-state index is 12.6. The van der Waals surface area contributed by atoms with Gasteiger partial charge in [-0.2, -0.15) is 0 Å². The molecule has 0 aromatic carbocycles. The molecule has 0 rings (SSSR count). The summed E-state index contributed by atoms with van der Waals surface area (Å²) in [6.07, 6.45) is 4.04. The quantitative estimate of drug-likeness (QED) is 0.147. The third kappa shape index (κ3) is 13.1. The van der Waals surface area contributed by atoms with Gasteiger partial charge < -0.3 is 9.47 Å². The topological polar surface area (TPSA) is 52.6 Å². The van der Waals surface area contributed by atoms with Crippen molar-refractivity contribution in [3.63, 3.8) is 0 Å². The van der Waals surface area contributed by atoms with Gasteiger partial charge in [0, 0.05) is 12.5 Å². The van der Waals surface area contributed by atoms with Crippen LogP contribution in [0, 0.1) is 11.8 Å². The molecule has 0 saturated carbocycles. The molecule has 0 N–H and O–H groups in total. The Labute approximate surface area is 175 Å². The lowest BCUT2D eigenvalue weighted by Crippen LogP contribution is -2.32. The lowest BCUT2D eigenvalue weighted by Gasteiger charge is -2.26. The summed E-state index contributed by atoms with van der Waals surface area (Å²) in [7, 11) is -1.22. The highest BCUT2D eigenvalue weighted by Gasteiger charge is 2.31. The van der Waals surface area contributed by atoms with Crippen molar-refractivity contribution in [2.75, 3.05) is 11.0 Å². The molecule has 0 unspecified atom stereocenters. The second kappa shape index (κ2) is 12.4. The van der Waals surface area contributed by atoms with Crippen molar-refractivity contribution in [3.05, 3.63) is 0 Å². The highest BCUT2D eigenvalue weighted by atomic mass is 127. The number of ether oxygens (including phenoxy) is 2. The van der Waals surface area contributed by atoms with Crippen LogP contribution in [-0.2, 0) is 19.1 Å². The summed E-state index contributed by atoms with van der Waals surface area (Å²) in [5.74, 6) is -0.779. The molecular formula is C20H39IO4Si. The molecule has 0 aromatic heterocycles. The third-order valence-corrected chi connectivity index (χ3v) is 6.43.